The minimum Gasteiger partial charge on any atom is -0.361 e. The summed E-state index contributed by atoms with van der Waals surface area (Å²) in [5, 5.41) is 14.3. The molecule has 0 radical (unpaired) electrons. The fourth-order valence-electron chi connectivity index (χ4n) is 1.63. The summed E-state index contributed by atoms with van der Waals surface area (Å²) in [6.07, 6.45) is 0. The normalized spacial score (nSPS) is 19.7. The molecule has 0 aromatic carbocycles. The van der Waals surface area contributed by atoms with Gasteiger partial charge in [0.25, 0.3) is 0 Å². The van der Waals surface area contributed by atoms with Crippen molar-refractivity contribution in [1.29, 1.82) is 5.41 Å². The van der Waals surface area contributed by atoms with Crippen molar-refractivity contribution in [3.05, 3.63) is 23.5 Å². The molecule has 0 bridgehead atoms. The van der Waals surface area contributed by atoms with Gasteiger partial charge in [0.2, 0.25) is 0 Å². The van der Waals surface area contributed by atoms with Crippen molar-refractivity contribution in [3.8, 4) is 0 Å². The van der Waals surface area contributed by atoms with E-state index < -0.39 is 0 Å². The van der Waals surface area contributed by atoms with Crippen LogP contribution in [0.25, 0.3) is 0 Å². The number of allylic oxidation sites excluding steroid dienone is 1. The molecular formula is C11H19N3. The van der Waals surface area contributed by atoms with E-state index in [0.29, 0.717) is 5.71 Å². The van der Waals surface area contributed by atoms with E-state index in [4.69, 9.17) is 5.41 Å². The van der Waals surface area contributed by atoms with Crippen molar-refractivity contribution in [2.75, 3.05) is 6.54 Å². The summed E-state index contributed by atoms with van der Waals surface area (Å²) in [4.78, 5) is 0. The summed E-state index contributed by atoms with van der Waals surface area (Å²) >= 11 is 0. The Hall–Kier alpha value is -1.09. The molecule has 3 heteroatoms. The van der Waals surface area contributed by atoms with Crippen molar-refractivity contribution in [3.63, 3.8) is 0 Å². The van der Waals surface area contributed by atoms with Crippen LogP contribution in [0.15, 0.2) is 23.5 Å². The Bertz CT molecular complexity index is 310. The van der Waals surface area contributed by atoms with Crippen LogP contribution in [-0.4, -0.2) is 17.8 Å². The molecule has 0 aromatic heterocycles. The molecule has 1 heterocycles. The summed E-state index contributed by atoms with van der Waals surface area (Å²) in [6, 6.07) is 0. The lowest BCUT2D eigenvalue weighted by molar-refractivity contribution is 0.488. The van der Waals surface area contributed by atoms with Crippen molar-refractivity contribution >= 4 is 5.71 Å². The highest BCUT2D eigenvalue weighted by Gasteiger charge is 2.32. The van der Waals surface area contributed by atoms with Gasteiger partial charge in [-0.05, 0) is 27.7 Å². The molecule has 78 valence electrons. The second kappa shape index (κ2) is 3.58. The molecule has 0 fully saturated rings. The number of rotatable bonds is 3. The van der Waals surface area contributed by atoms with Crippen LogP contribution in [0.2, 0.25) is 0 Å². The molecule has 1 aliphatic rings. The molecule has 0 aromatic rings. The molecule has 0 saturated heterocycles. The van der Waals surface area contributed by atoms with E-state index >= 15 is 0 Å². The lowest BCUT2D eigenvalue weighted by Gasteiger charge is -2.24. The maximum absolute atomic E-state index is 7.68. The Morgan fingerprint density at radius 2 is 2.07 bits per heavy atom. The molecule has 0 amide bonds. The Morgan fingerprint density at radius 1 is 1.50 bits per heavy atom. The molecule has 0 aliphatic carbocycles. The quantitative estimate of drug-likeness (QED) is 0.598. The third-order valence-electron chi connectivity index (χ3n) is 2.42. The molecule has 3 nitrogen and oxygen atoms in total. The van der Waals surface area contributed by atoms with Crippen LogP contribution in [0.1, 0.15) is 27.7 Å². The zero-order valence-electron chi connectivity index (χ0n) is 9.41. The Morgan fingerprint density at radius 3 is 2.50 bits per heavy atom. The van der Waals surface area contributed by atoms with Crippen molar-refractivity contribution in [2.45, 2.75) is 33.2 Å². The van der Waals surface area contributed by atoms with Gasteiger partial charge in [0.1, 0.15) is 0 Å². The Labute approximate surface area is 85.8 Å². The van der Waals surface area contributed by atoms with E-state index in [1.165, 1.54) is 0 Å². The SMILES string of the molecule is C=C(C)NC1=C(C(C)=N)CNC1(C)C. The van der Waals surface area contributed by atoms with Gasteiger partial charge in [0.05, 0.1) is 5.54 Å². The first-order chi connectivity index (χ1) is 6.34. The van der Waals surface area contributed by atoms with Gasteiger partial charge < -0.3 is 16.0 Å². The van der Waals surface area contributed by atoms with Crippen molar-refractivity contribution in [1.82, 2.24) is 10.6 Å². The maximum Gasteiger partial charge on any atom is 0.0536 e. The molecular weight excluding hydrogens is 174 g/mol. The molecule has 1 aliphatic heterocycles. The van der Waals surface area contributed by atoms with E-state index in [2.05, 4.69) is 31.1 Å². The highest BCUT2D eigenvalue weighted by Crippen LogP contribution is 2.24. The first kappa shape index (κ1) is 11.0. The second-order valence-corrected chi connectivity index (χ2v) is 4.36. The maximum atomic E-state index is 7.68. The Balaban J connectivity index is 3.05. The number of hydrogen-bond acceptors (Lipinski definition) is 3. The van der Waals surface area contributed by atoms with Gasteiger partial charge in [0, 0.05) is 29.2 Å². The van der Waals surface area contributed by atoms with Crippen LogP contribution in [0.5, 0.6) is 0 Å². The average Bonchev–Trinajstić information content (AvgIpc) is 2.26. The van der Waals surface area contributed by atoms with E-state index in [0.717, 1.165) is 23.5 Å². The van der Waals surface area contributed by atoms with Crippen LogP contribution >= 0.6 is 0 Å². The van der Waals surface area contributed by atoms with Gasteiger partial charge in [-0.2, -0.15) is 0 Å². The third-order valence-corrected chi connectivity index (χ3v) is 2.42. The fourth-order valence-corrected chi connectivity index (χ4v) is 1.63. The zero-order chi connectivity index (χ0) is 10.9. The smallest absolute Gasteiger partial charge is 0.0536 e. The predicted octanol–water partition coefficient (Wildman–Crippen LogP) is 1.79. The average molecular weight is 193 g/mol. The minimum absolute atomic E-state index is 0.0867. The largest absolute Gasteiger partial charge is 0.361 e. The summed E-state index contributed by atoms with van der Waals surface area (Å²) < 4.78 is 0. The Kier molecular flexibility index (Phi) is 2.81. The summed E-state index contributed by atoms with van der Waals surface area (Å²) in [5.74, 6) is 0. The van der Waals surface area contributed by atoms with E-state index in [-0.39, 0.29) is 5.54 Å². The fraction of sp³-hybridized carbons (Fsp3) is 0.545. The topological polar surface area (TPSA) is 47.9 Å². The second-order valence-electron chi connectivity index (χ2n) is 4.36. The number of hydrogen-bond donors (Lipinski definition) is 3. The highest BCUT2D eigenvalue weighted by atomic mass is 15.1. The molecule has 0 spiro atoms. The van der Waals surface area contributed by atoms with E-state index in [1.807, 2.05) is 13.8 Å². The molecule has 0 unspecified atom stereocenters. The predicted molar refractivity (Wildman–Crippen MR) is 60.5 cm³/mol. The zero-order valence-corrected chi connectivity index (χ0v) is 9.41. The lowest BCUT2D eigenvalue weighted by Crippen LogP contribution is -2.39. The first-order valence-corrected chi connectivity index (χ1v) is 4.81. The minimum atomic E-state index is -0.0867. The van der Waals surface area contributed by atoms with Crippen LogP contribution < -0.4 is 10.6 Å². The van der Waals surface area contributed by atoms with Crippen LogP contribution in [0, 0.1) is 5.41 Å². The molecule has 14 heavy (non-hydrogen) atoms. The monoisotopic (exact) mass is 193 g/mol. The van der Waals surface area contributed by atoms with E-state index in [1.54, 1.807) is 0 Å². The number of nitrogens with one attached hydrogen (secondary N) is 3. The van der Waals surface area contributed by atoms with E-state index in [9.17, 15) is 0 Å². The summed E-state index contributed by atoms with van der Waals surface area (Å²) in [5.41, 5.74) is 3.58. The van der Waals surface area contributed by atoms with Crippen molar-refractivity contribution in [2.24, 2.45) is 0 Å². The standard InChI is InChI=1S/C11H19N3/c1-7(2)14-10-9(8(3)12)6-13-11(10,4)5/h12-14H,1,6H2,2-5H3. The molecule has 1 rings (SSSR count). The molecule has 3 N–H and O–H groups in total. The summed E-state index contributed by atoms with van der Waals surface area (Å²) in [7, 11) is 0. The highest BCUT2D eigenvalue weighted by molar-refractivity contribution is 5.97. The first-order valence-electron chi connectivity index (χ1n) is 4.81. The van der Waals surface area contributed by atoms with Crippen molar-refractivity contribution < 1.29 is 0 Å². The van der Waals surface area contributed by atoms with Gasteiger partial charge in [-0.3, -0.25) is 0 Å². The van der Waals surface area contributed by atoms with Gasteiger partial charge in [0.15, 0.2) is 0 Å². The lowest BCUT2D eigenvalue weighted by atomic mass is 9.99. The molecule has 0 saturated carbocycles. The van der Waals surface area contributed by atoms with Gasteiger partial charge in [-0.15, -0.1) is 0 Å². The van der Waals surface area contributed by atoms with Crippen LogP contribution in [0.4, 0.5) is 0 Å². The van der Waals surface area contributed by atoms with Crippen LogP contribution in [0.3, 0.4) is 0 Å². The molecule has 0 atom stereocenters. The third kappa shape index (κ3) is 2.04. The summed E-state index contributed by atoms with van der Waals surface area (Å²) in [6.45, 7) is 12.6. The van der Waals surface area contributed by atoms with Crippen LogP contribution in [-0.2, 0) is 0 Å². The van der Waals surface area contributed by atoms with Gasteiger partial charge in [-0.25, -0.2) is 0 Å². The van der Waals surface area contributed by atoms with Gasteiger partial charge in [-0.1, -0.05) is 6.58 Å². The van der Waals surface area contributed by atoms with Gasteiger partial charge >= 0.3 is 0 Å².